The molecule has 3 fully saturated rings. The fraction of sp³-hybridized carbons (Fsp3) is 0.462. The maximum absolute atomic E-state index is 12.8. The normalized spacial score (nSPS) is 25.4. The van der Waals surface area contributed by atoms with E-state index in [1.807, 2.05) is 12.1 Å². The van der Waals surface area contributed by atoms with Gasteiger partial charge in [-0.2, -0.15) is 0 Å². The highest BCUT2D eigenvalue weighted by Gasteiger charge is 2.54. The number of piperazine rings is 1. The summed E-state index contributed by atoms with van der Waals surface area (Å²) in [6.45, 7) is 2.63. The first kappa shape index (κ1) is 21.0. The zero-order valence-electron chi connectivity index (χ0n) is 18.5. The molecule has 6 nitrogen and oxygen atoms in total. The van der Waals surface area contributed by atoms with Crippen LogP contribution >= 0.6 is 0 Å². The van der Waals surface area contributed by atoms with Crippen LogP contribution in [-0.4, -0.2) is 64.7 Å². The number of carbonyl (C=O) groups excluding carboxylic acids is 2. The van der Waals surface area contributed by atoms with Gasteiger partial charge in [-0.05, 0) is 42.0 Å². The third kappa shape index (κ3) is 3.66. The van der Waals surface area contributed by atoms with E-state index in [0.717, 1.165) is 36.8 Å². The number of aryl methyl sites for hydroxylation is 1. The summed E-state index contributed by atoms with van der Waals surface area (Å²) >= 11 is 0. The summed E-state index contributed by atoms with van der Waals surface area (Å²) in [7, 11) is 0. The van der Waals surface area contributed by atoms with Crippen molar-refractivity contribution in [2.75, 3.05) is 19.7 Å². The number of urea groups is 1. The zero-order valence-corrected chi connectivity index (χ0v) is 18.5. The van der Waals surface area contributed by atoms with Crippen molar-refractivity contribution in [3.05, 3.63) is 59.7 Å². The molecular formula is C26H31N3O3. The summed E-state index contributed by atoms with van der Waals surface area (Å²) in [5.41, 5.74) is 4.69. The number of benzene rings is 2. The average molecular weight is 434 g/mol. The van der Waals surface area contributed by atoms with E-state index < -0.39 is 0 Å². The zero-order chi connectivity index (χ0) is 22.2. The average Bonchev–Trinajstić information content (AvgIpc) is 3.29. The molecule has 2 aliphatic heterocycles. The Morgan fingerprint density at radius 2 is 1.81 bits per heavy atom. The summed E-state index contributed by atoms with van der Waals surface area (Å²) in [5, 5.41) is 13.1. The molecule has 1 saturated carbocycles. The van der Waals surface area contributed by atoms with E-state index in [-0.39, 0.29) is 49.1 Å². The third-order valence-corrected chi connectivity index (χ3v) is 7.47. The molecule has 1 aliphatic carbocycles. The van der Waals surface area contributed by atoms with Gasteiger partial charge < -0.3 is 20.2 Å². The van der Waals surface area contributed by atoms with Crippen LogP contribution in [0.2, 0.25) is 0 Å². The molecule has 0 spiro atoms. The lowest BCUT2D eigenvalue weighted by Crippen LogP contribution is -2.74. The number of nitrogens with zero attached hydrogens (tertiary/aromatic N) is 2. The summed E-state index contributed by atoms with van der Waals surface area (Å²) in [6.07, 6.45) is 4.34. The fourth-order valence-corrected chi connectivity index (χ4v) is 5.77. The molecule has 3 atom stereocenters. The summed E-state index contributed by atoms with van der Waals surface area (Å²) in [6, 6.07) is 16.5. The lowest BCUT2D eigenvalue weighted by Gasteiger charge is -2.58. The van der Waals surface area contributed by atoms with Gasteiger partial charge in [0.2, 0.25) is 5.91 Å². The largest absolute Gasteiger partial charge is 0.394 e. The minimum absolute atomic E-state index is 0.0250. The molecule has 5 rings (SSSR count). The van der Waals surface area contributed by atoms with E-state index in [0.29, 0.717) is 6.54 Å². The van der Waals surface area contributed by atoms with Crippen LogP contribution in [0.25, 0.3) is 11.1 Å². The highest BCUT2D eigenvalue weighted by Crippen LogP contribution is 2.43. The number of aliphatic hydroxyl groups excluding tert-OH is 1. The van der Waals surface area contributed by atoms with Crippen LogP contribution in [-0.2, 0) is 4.79 Å². The Kier molecular flexibility index (Phi) is 5.64. The number of hydrogen-bond donors (Lipinski definition) is 2. The van der Waals surface area contributed by atoms with Gasteiger partial charge in [0.15, 0.2) is 0 Å². The van der Waals surface area contributed by atoms with Gasteiger partial charge in [0.05, 0.1) is 18.7 Å². The van der Waals surface area contributed by atoms with Crippen molar-refractivity contribution in [2.45, 2.75) is 56.7 Å². The van der Waals surface area contributed by atoms with Crippen molar-refractivity contribution in [2.24, 2.45) is 0 Å². The van der Waals surface area contributed by atoms with Crippen molar-refractivity contribution in [3.63, 3.8) is 0 Å². The molecule has 32 heavy (non-hydrogen) atoms. The topological polar surface area (TPSA) is 72.9 Å². The highest BCUT2D eigenvalue weighted by molar-refractivity contribution is 5.87. The molecule has 2 aromatic carbocycles. The van der Waals surface area contributed by atoms with E-state index >= 15 is 0 Å². The standard InChI is InChI=1S/C26H31N3O3/c1-17-6-2-5-9-21(17)18-10-12-19(13-11-18)25-22-14-28(15-24(31)29(22)23(25)16-30)26(32)27-20-7-3-4-8-20/h2,5-6,9-13,20,22-23,25,30H,3-4,7-8,14-16H2,1H3,(H,27,32)/t22-,23-,25-/m0/s1. The first-order valence-corrected chi connectivity index (χ1v) is 11.7. The van der Waals surface area contributed by atoms with Crippen LogP contribution < -0.4 is 5.32 Å². The number of carbonyl (C=O) groups is 2. The molecule has 0 radical (unpaired) electrons. The molecule has 2 N–H and O–H groups in total. The first-order chi connectivity index (χ1) is 15.6. The van der Waals surface area contributed by atoms with E-state index in [1.165, 1.54) is 11.1 Å². The molecule has 2 aromatic rings. The molecule has 3 aliphatic rings. The fourth-order valence-electron chi connectivity index (χ4n) is 5.77. The lowest BCUT2D eigenvalue weighted by molar-refractivity contribution is -0.159. The predicted molar refractivity (Wildman–Crippen MR) is 123 cm³/mol. The Morgan fingerprint density at radius 1 is 1.09 bits per heavy atom. The second-order valence-electron chi connectivity index (χ2n) is 9.39. The first-order valence-electron chi connectivity index (χ1n) is 11.7. The number of aliphatic hydroxyl groups is 1. The van der Waals surface area contributed by atoms with E-state index in [9.17, 15) is 14.7 Å². The van der Waals surface area contributed by atoms with Crippen LogP contribution in [0.3, 0.4) is 0 Å². The molecule has 6 heteroatoms. The quantitative estimate of drug-likeness (QED) is 0.777. The van der Waals surface area contributed by atoms with Crippen LogP contribution in [0.5, 0.6) is 0 Å². The third-order valence-electron chi connectivity index (χ3n) is 7.47. The molecule has 2 heterocycles. The van der Waals surface area contributed by atoms with Crippen LogP contribution in [0, 0.1) is 6.92 Å². The van der Waals surface area contributed by atoms with Gasteiger partial charge in [-0.15, -0.1) is 0 Å². The minimum atomic E-state index is -0.225. The Labute approximate surface area is 189 Å². The molecule has 168 valence electrons. The second-order valence-corrected chi connectivity index (χ2v) is 9.39. The van der Waals surface area contributed by atoms with Crippen molar-refractivity contribution in [1.29, 1.82) is 0 Å². The Bertz CT molecular complexity index is 1000. The number of fused-ring (bicyclic) bond motifs is 1. The van der Waals surface area contributed by atoms with Gasteiger partial charge in [0.25, 0.3) is 0 Å². The van der Waals surface area contributed by atoms with Crippen LogP contribution in [0.1, 0.15) is 42.7 Å². The Morgan fingerprint density at radius 3 is 2.50 bits per heavy atom. The van der Waals surface area contributed by atoms with Crippen LogP contribution in [0.15, 0.2) is 48.5 Å². The Hall–Kier alpha value is -2.86. The van der Waals surface area contributed by atoms with Gasteiger partial charge in [0, 0.05) is 18.5 Å². The van der Waals surface area contributed by atoms with E-state index in [2.05, 4.69) is 48.6 Å². The van der Waals surface area contributed by atoms with Gasteiger partial charge in [0.1, 0.15) is 6.54 Å². The SMILES string of the molecule is Cc1ccccc1-c1ccc([C@@H]2[C@H](CO)N3C(=O)CN(C(=O)NC4CCCC4)C[C@@H]23)cc1. The van der Waals surface area contributed by atoms with Gasteiger partial charge >= 0.3 is 6.03 Å². The van der Waals surface area contributed by atoms with E-state index in [1.54, 1.807) is 9.80 Å². The number of nitrogens with one attached hydrogen (secondary N) is 1. The van der Waals surface area contributed by atoms with Crippen molar-refractivity contribution >= 4 is 11.9 Å². The molecule has 0 aromatic heterocycles. The Balaban J connectivity index is 1.34. The molecular weight excluding hydrogens is 402 g/mol. The second kappa shape index (κ2) is 8.58. The van der Waals surface area contributed by atoms with Gasteiger partial charge in [-0.25, -0.2) is 4.79 Å². The van der Waals surface area contributed by atoms with Gasteiger partial charge in [-0.1, -0.05) is 61.4 Å². The lowest BCUT2D eigenvalue weighted by atomic mass is 9.73. The summed E-state index contributed by atoms with van der Waals surface area (Å²) in [4.78, 5) is 29.1. The molecule has 2 saturated heterocycles. The number of rotatable bonds is 4. The van der Waals surface area contributed by atoms with Gasteiger partial charge in [-0.3, -0.25) is 4.79 Å². The molecule has 0 unspecified atom stereocenters. The van der Waals surface area contributed by atoms with Crippen molar-refractivity contribution < 1.29 is 14.7 Å². The molecule has 3 amide bonds. The predicted octanol–water partition coefficient (Wildman–Crippen LogP) is 3.29. The van der Waals surface area contributed by atoms with Crippen molar-refractivity contribution in [3.8, 4) is 11.1 Å². The maximum atomic E-state index is 12.8. The number of amides is 3. The van der Waals surface area contributed by atoms with Crippen molar-refractivity contribution in [1.82, 2.24) is 15.1 Å². The maximum Gasteiger partial charge on any atom is 0.318 e. The highest BCUT2D eigenvalue weighted by atomic mass is 16.3. The number of hydrogen-bond acceptors (Lipinski definition) is 3. The smallest absolute Gasteiger partial charge is 0.318 e. The summed E-state index contributed by atoms with van der Waals surface area (Å²) < 4.78 is 0. The van der Waals surface area contributed by atoms with E-state index in [4.69, 9.17) is 0 Å². The molecule has 0 bridgehead atoms. The monoisotopic (exact) mass is 433 g/mol. The minimum Gasteiger partial charge on any atom is -0.394 e. The van der Waals surface area contributed by atoms with Crippen LogP contribution in [0.4, 0.5) is 4.79 Å². The summed E-state index contributed by atoms with van der Waals surface area (Å²) in [5.74, 6) is -0.0494.